The Bertz CT molecular complexity index is 483. The van der Waals surface area contributed by atoms with Crippen LogP contribution in [0.3, 0.4) is 0 Å². The van der Waals surface area contributed by atoms with E-state index in [4.69, 9.17) is 4.74 Å². The van der Waals surface area contributed by atoms with Crippen molar-refractivity contribution in [3.63, 3.8) is 0 Å². The highest BCUT2D eigenvalue weighted by Crippen LogP contribution is 2.48. The van der Waals surface area contributed by atoms with Crippen LogP contribution >= 0.6 is 0 Å². The predicted octanol–water partition coefficient (Wildman–Crippen LogP) is 1.43. The van der Waals surface area contributed by atoms with E-state index in [1.807, 2.05) is 19.1 Å². The van der Waals surface area contributed by atoms with Gasteiger partial charge in [-0.25, -0.2) is 0 Å². The summed E-state index contributed by atoms with van der Waals surface area (Å²) in [6.45, 7) is 3.76. The first-order valence-corrected chi connectivity index (χ1v) is 6.07. The molecule has 0 spiro atoms. The number of Topliss-reactive ketones (excluding diaryl/α,β-unsaturated/α-hetero) is 1. The molecule has 2 fully saturated rings. The number of hydrogen-bond acceptors (Lipinski definition) is 3. The zero-order chi connectivity index (χ0) is 12.0. The van der Waals surface area contributed by atoms with Gasteiger partial charge < -0.3 is 10.1 Å². The molecule has 1 saturated heterocycles. The first-order valence-electron chi connectivity index (χ1n) is 6.07. The Hall–Kier alpha value is -1.35. The lowest BCUT2D eigenvalue weighted by molar-refractivity contribution is -0.134. The number of methoxy groups -OCH3 is 1. The third-order valence-corrected chi connectivity index (χ3v) is 4.34. The number of carbonyl (C=O) groups excluding carboxylic acids is 1. The van der Waals surface area contributed by atoms with Crippen molar-refractivity contribution in [2.24, 2.45) is 5.92 Å². The summed E-state index contributed by atoms with van der Waals surface area (Å²) in [5.74, 6) is 1.73. The number of aryl methyl sites for hydroxylation is 1. The highest BCUT2D eigenvalue weighted by Gasteiger charge is 2.58. The first kappa shape index (κ1) is 10.8. The molecular weight excluding hydrogens is 214 g/mol. The van der Waals surface area contributed by atoms with Crippen LogP contribution in [0.4, 0.5) is 0 Å². The summed E-state index contributed by atoms with van der Waals surface area (Å²) in [7, 11) is 1.68. The van der Waals surface area contributed by atoms with Crippen molar-refractivity contribution in [1.29, 1.82) is 0 Å². The molecular formula is C14H17NO2. The summed E-state index contributed by atoms with van der Waals surface area (Å²) in [6.07, 6.45) is 0.725. The van der Waals surface area contributed by atoms with E-state index in [1.54, 1.807) is 7.11 Å². The van der Waals surface area contributed by atoms with Crippen molar-refractivity contribution in [1.82, 2.24) is 5.32 Å². The van der Waals surface area contributed by atoms with E-state index >= 15 is 0 Å². The Kier molecular flexibility index (Phi) is 2.26. The number of rotatable bonds is 2. The van der Waals surface area contributed by atoms with Crippen LogP contribution in [-0.2, 0) is 10.2 Å². The largest absolute Gasteiger partial charge is 0.496 e. The molecule has 1 saturated carbocycles. The van der Waals surface area contributed by atoms with E-state index in [0.717, 1.165) is 36.4 Å². The van der Waals surface area contributed by atoms with Gasteiger partial charge in [-0.2, -0.15) is 0 Å². The van der Waals surface area contributed by atoms with E-state index < -0.39 is 0 Å². The minimum Gasteiger partial charge on any atom is -0.496 e. The highest BCUT2D eigenvalue weighted by atomic mass is 16.5. The van der Waals surface area contributed by atoms with Crippen LogP contribution in [0.25, 0.3) is 0 Å². The summed E-state index contributed by atoms with van der Waals surface area (Å²) in [5, 5.41) is 3.34. The Morgan fingerprint density at radius 2 is 2.29 bits per heavy atom. The molecule has 2 unspecified atom stereocenters. The third kappa shape index (κ3) is 1.29. The van der Waals surface area contributed by atoms with Crippen LogP contribution in [0.2, 0.25) is 0 Å². The number of carbonyl (C=O) groups is 1. The van der Waals surface area contributed by atoms with Crippen molar-refractivity contribution in [3.8, 4) is 5.75 Å². The zero-order valence-electron chi connectivity index (χ0n) is 10.2. The molecule has 2 atom stereocenters. The van der Waals surface area contributed by atoms with Crippen LogP contribution in [0.15, 0.2) is 18.2 Å². The Morgan fingerprint density at radius 3 is 2.94 bits per heavy atom. The lowest BCUT2D eigenvalue weighted by Gasteiger charge is -2.42. The zero-order valence-corrected chi connectivity index (χ0v) is 10.2. The minimum atomic E-state index is -0.263. The van der Waals surface area contributed by atoms with E-state index in [1.165, 1.54) is 0 Å². The number of benzene rings is 1. The monoisotopic (exact) mass is 231 g/mol. The number of ketones is 1. The van der Waals surface area contributed by atoms with Crippen LogP contribution in [0.5, 0.6) is 5.75 Å². The minimum absolute atomic E-state index is 0.263. The van der Waals surface area contributed by atoms with E-state index in [-0.39, 0.29) is 5.41 Å². The lowest BCUT2D eigenvalue weighted by Crippen LogP contribution is -2.53. The molecule has 90 valence electrons. The average Bonchev–Trinajstić information content (AvgIpc) is 2.67. The maximum Gasteiger partial charge on any atom is 0.145 e. The predicted molar refractivity (Wildman–Crippen MR) is 65.4 cm³/mol. The molecule has 3 rings (SSSR count). The SMILES string of the molecule is COc1cc(C23CNCC2CC3=O)ccc1C. The van der Waals surface area contributed by atoms with Gasteiger partial charge in [0.25, 0.3) is 0 Å². The van der Waals surface area contributed by atoms with Gasteiger partial charge in [-0.3, -0.25) is 4.79 Å². The number of nitrogens with one attached hydrogen (secondary N) is 1. The van der Waals surface area contributed by atoms with Gasteiger partial charge in [0.2, 0.25) is 0 Å². The molecule has 0 amide bonds. The van der Waals surface area contributed by atoms with Gasteiger partial charge in [-0.15, -0.1) is 0 Å². The molecule has 0 aromatic heterocycles. The van der Waals surface area contributed by atoms with Crippen LogP contribution in [-0.4, -0.2) is 26.0 Å². The summed E-state index contributed by atoms with van der Waals surface area (Å²) in [6, 6.07) is 6.16. The van der Waals surface area contributed by atoms with E-state index in [9.17, 15) is 4.79 Å². The molecule has 1 aliphatic carbocycles. The topological polar surface area (TPSA) is 38.3 Å². The van der Waals surface area contributed by atoms with Gasteiger partial charge in [-0.05, 0) is 36.6 Å². The molecule has 0 radical (unpaired) electrons. The molecule has 1 aromatic rings. The van der Waals surface area contributed by atoms with Crippen molar-refractivity contribution >= 4 is 5.78 Å². The molecule has 1 heterocycles. The smallest absolute Gasteiger partial charge is 0.145 e. The number of hydrogen-bond donors (Lipinski definition) is 1. The Labute approximate surface area is 101 Å². The van der Waals surface area contributed by atoms with Crippen molar-refractivity contribution in [2.45, 2.75) is 18.8 Å². The second-order valence-electron chi connectivity index (χ2n) is 5.11. The fraction of sp³-hybridized carbons (Fsp3) is 0.500. The normalized spacial score (nSPS) is 30.9. The summed E-state index contributed by atoms with van der Waals surface area (Å²) < 4.78 is 5.35. The van der Waals surface area contributed by atoms with Gasteiger partial charge in [0.15, 0.2) is 0 Å². The fourth-order valence-corrected chi connectivity index (χ4v) is 3.21. The van der Waals surface area contributed by atoms with Crippen molar-refractivity contribution in [3.05, 3.63) is 29.3 Å². The maximum atomic E-state index is 12.0. The number of ether oxygens (including phenoxy) is 1. The van der Waals surface area contributed by atoms with Gasteiger partial charge in [0.05, 0.1) is 12.5 Å². The second kappa shape index (κ2) is 3.57. The molecule has 2 aliphatic rings. The summed E-state index contributed by atoms with van der Waals surface area (Å²) >= 11 is 0. The van der Waals surface area contributed by atoms with E-state index in [2.05, 4.69) is 11.4 Å². The van der Waals surface area contributed by atoms with E-state index in [0.29, 0.717) is 11.7 Å². The van der Waals surface area contributed by atoms with Crippen molar-refractivity contribution in [2.75, 3.05) is 20.2 Å². The van der Waals surface area contributed by atoms with Crippen LogP contribution in [0, 0.1) is 12.8 Å². The molecule has 17 heavy (non-hydrogen) atoms. The molecule has 3 nitrogen and oxygen atoms in total. The summed E-state index contributed by atoms with van der Waals surface area (Å²) in [4.78, 5) is 12.0. The molecule has 1 aromatic carbocycles. The Balaban J connectivity index is 2.07. The average molecular weight is 231 g/mol. The molecule has 0 bridgehead atoms. The van der Waals surface area contributed by atoms with Crippen molar-refractivity contribution < 1.29 is 9.53 Å². The van der Waals surface area contributed by atoms with Gasteiger partial charge >= 0.3 is 0 Å². The summed E-state index contributed by atoms with van der Waals surface area (Å²) in [5.41, 5.74) is 1.97. The maximum absolute atomic E-state index is 12.0. The fourth-order valence-electron chi connectivity index (χ4n) is 3.21. The molecule has 1 N–H and O–H groups in total. The quantitative estimate of drug-likeness (QED) is 0.837. The van der Waals surface area contributed by atoms with Gasteiger partial charge in [0.1, 0.15) is 11.5 Å². The Morgan fingerprint density at radius 1 is 1.47 bits per heavy atom. The molecule has 1 aliphatic heterocycles. The lowest BCUT2D eigenvalue weighted by atomic mass is 9.57. The molecule has 3 heteroatoms. The van der Waals surface area contributed by atoms with Crippen LogP contribution in [0.1, 0.15) is 17.5 Å². The second-order valence-corrected chi connectivity index (χ2v) is 5.11. The standard InChI is InChI=1S/C14H17NO2/c1-9-3-4-10(5-12(9)17-2)14-8-15-7-11(14)6-13(14)16/h3-5,11,15H,6-8H2,1-2H3. The van der Waals surface area contributed by atoms with Crippen LogP contribution < -0.4 is 10.1 Å². The first-order chi connectivity index (χ1) is 8.18. The highest BCUT2D eigenvalue weighted by molar-refractivity contribution is 5.98. The third-order valence-electron chi connectivity index (χ3n) is 4.34. The van der Waals surface area contributed by atoms with Gasteiger partial charge in [0, 0.05) is 13.0 Å². The number of fused-ring (bicyclic) bond motifs is 1. The van der Waals surface area contributed by atoms with Gasteiger partial charge in [-0.1, -0.05) is 12.1 Å².